The SMILES string of the molecule is Cn1nncc1CNc1cccc2cc(Br)cnc12. The summed E-state index contributed by atoms with van der Waals surface area (Å²) >= 11 is 3.43. The highest BCUT2D eigenvalue weighted by Crippen LogP contribution is 2.24. The summed E-state index contributed by atoms with van der Waals surface area (Å²) in [6, 6.07) is 8.14. The van der Waals surface area contributed by atoms with E-state index in [1.807, 2.05) is 25.2 Å². The van der Waals surface area contributed by atoms with Crippen molar-refractivity contribution < 1.29 is 0 Å². The van der Waals surface area contributed by atoms with Crippen molar-refractivity contribution in [3.05, 3.63) is 46.8 Å². The molecule has 0 bridgehead atoms. The number of aryl methyl sites for hydroxylation is 1. The molecule has 2 heterocycles. The highest BCUT2D eigenvalue weighted by molar-refractivity contribution is 9.10. The number of pyridine rings is 1. The maximum atomic E-state index is 4.46. The van der Waals surface area contributed by atoms with E-state index in [0.717, 1.165) is 26.8 Å². The average Bonchev–Trinajstić information content (AvgIpc) is 2.81. The molecule has 96 valence electrons. The number of nitrogens with one attached hydrogen (secondary N) is 1. The molecule has 2 aromatic heterocycles. The second kappa shape index (κ2) is 4.97. The summed E-state index contributed by atoms with van der Waals surface area (Å²) in [5, 5.41) is 12.2. The fraction of sp³-hybridized carbons (Fsp3) is 0.154. The van der Waals surface area contributed by atoms with Crippen LogP contribution in [-0.4, -0.2) is 20.0 Å². The molecular weight excluding hydrogens is 306 g/mol. The molecule has 0 aliphatic heterocycles. The highest BCUT2D eigenvalue weighted by atomic mass is 79.9. The van der Waals surface area contributed by atoms with Crippen LogP contribution in [0.5, 0.6) is 0 Å². The largest absolute Gasteiger partial charge is 0.378 e. The smallest absolute Gasteiger partial charge is 0.0934 e. The molecule has 0 saturated heterocycles. The molecule has 0 radical (unpaired) electrons. The number of anilines is 1. The van der Waals surface area contributed by atoms with Crippen molar-refractivity contribution in [3.63, 3.8) is 0 Å². The third kappa shape index (κ3) is 2.44. The summed E-state index contributed by atoms with van der Waals surface area (Å²) in [7, 11) is 1.88. The molecule has 0 fully saturated rings. The molecule has 0 aliphatic carbocycles. The Morgan fingerprint density at radius 3 is 3.00 bits per heavy atom. The highest BCUT2D eigenvalue weighted by Gasteiger charge is 2.04. The van der Waals surface area contributed by atoms with Crippen molar-refractivity contribution >= 4 is 32.5 Å². The van der Waals surface area contributed by atoms with Gasteiger partial charge in [0.15, 0.2) is 0 Å². The zero-order chi connectivity index (χ0) is 13.2. The van der Waals surface area contributed by atoms with Gasteiger partial charge < -0.3 is 5.32 Å². The van der Waals surface area contributed by atoms with E-state index in [9.17, 15) is 0 Å². The zero-order valence-corrected chi connectivity index (χ0v) is 11.9. The van der Waals surface area contributed by atoms with Crippen molar-refractivity contribution in [1.29, 1.82) is 0 Å². The van der Waals surface area contributed by atoms with Crippen molar-refractivity contribution in [1.82, 2.24) is 20.0 Å². The fourth-order valence-corrected chi connectivity index (χ4v) is 2.28. The Morgan fingerprint density at radius 1 is 1.32 bits per heavy atom. The van der Waals surface area contributed by atoms with Crippen molar-refractivity contribution in [2.24, 2.45) is 7.05 Å². The van der Waals surface area contributed by atoms with Crippen molar-refractivity contribution in [2.75, 3.05) is 5.32 Å². The van der Waals surface area contributed by atoms with E-state index in [1.165, 1.54) is 0 Å². The Balaban J connectivity index is 1.91. The second-order valence-corrected chi connectivity index (χ2v) is 5.15. The van der Waals surface area contributed by atoms with Crippen LogP contribution in [0.4, 0.5) is 5.69 Å². The van der Waals surface area contributed by atoms with Gasteiger partial charge in [0.2, 0.25) is 0 Å². The molecule has 1 N–H and O–H groups in total. The third-order valence-corrected chi connectivity index (χ3v) is 3.38. The van der Waals surface area contributed by atoms with Crippen LogP contribution in [0.15, 0.2) is 41.1 Å². The van der Waals surface area contributed by atoms with Crippen LogP contribution >= 0.6 is 15.9 Å². The number of hydrogen-bond donors (Lipinski definition) is 1. The standard InChI is InChI=1S/C13H12BrN5/c1-19-11(8-17-18-19)7-15-12-4-2-3-9-5-10(14)6-16-13(9)12/h2-6,8,15H,7H2,1H3. The first-order valence-corrected chi connectivity index (χ1v) is 6.65. The molecule has 0 aliphatic rings. The molecule has 1 aromatic carbocycles. The van der Waals surface area contributed by atoms with E-state index in [4.69, 9.17) is 0 Å². The quantitative estimate of drug-likeness (QED) is 0.807. The van der Waals surface area contributed by atoms with Gasteiger partial charge in [-0.2, -0.15) is 0 Å². The zero-order valence-electron chi connectivity index (χ0n) is 10.3. The van der Waals surface area contributed by atoms with E-state index in [1.54, 1.807) is 17.1 Å². The summed E-state index contributed by atoms with van der Waals surface area (Å²) in [5.41, 5.74) is 2.99. The minimum absolute atomic E-state index is 0.667. The first kappa shape index (κ1) is 12.1. The number of rotatable bonds is 3. The van der Waals surface area contributed by atoms with Crippen molar-refractivity contribution in [2.45, 2.75) is 6.54 Å². The summed E-state index contributed by atoms with van der Waals surface area (Å²) in [6.45, 7) is 0.667. The Labute approximate surface area is 118 Å². The maximum Gasteiger partial charge on any atom is 0.0934 e. The number of nitrogens with zero attached hydrogens (tertiary/aromatic N) is 4. The van der Waals surface area contributed by atoms with Gasteiger partial charge in [-0.1, -0.05) is 17.3 Å². The molecule has 3 aromatic rings. The van der Waals surface area contributed by atoms with Crippen LogP contribution in [0.1, 0.15) is 5.69 Å². The molecular formula is C13H12BrN5. The lowest BCUT2D eigenvalue weighted by Gasteiger charge is -2.09. The number of aromatic nitrogens is 4. The van der Waals surface area contributed by atoms with Crippen LogP contribution in [0.25, 0.3) is 10.9 Å². The number of para-hydroxylation sites is 1. The van der Waals surface area contributed by atoms with Gasteiger partial charge in [0, 0.05) is 23.1 Å². The molecule has 19 heavy (non-hydrogen) atoms. The first-order chi connectivity index (χ1) is 9.24. The average molecular weight is 318 g/mol. The van der Waals surface area contributed by atoms with Gasteiger partial charge in [0.25, 0.3) is 0 Å². The van der Waals surface area contributed by atoms with Gasteiger partial charge in [0.05, 0.1) is 29.6 Å². The van der Waals surface area contributed by atoms with Gasteiger partial charge in [-0.05, 0) is 28.1 Å². The molecule has 0 spiro atoms. The number of benzene rings is 1. The lowest BCUT2D eigenvalue weighted by Crippen LogP contribution is -2.05. The second-order valence-electron chi connectivity index (χ2n) is 4.23. The number of fused-ring (bicyclic) bond motifs is 1. The molecule has 0 saturated carbocycles. The predicted octanol–water partition coefficient (Wildman–Crippen LogP) is 2.74. The van der Waals surface area contributed by atoms with Crippen LogP contribution < -0.4 is 5.32 Å². The predicted molar refractivity (Wildman–Crippen MR) is 77.8 cm³/mol. The minimum Gasteiger partial charge on any atom is -0.378 e. The monoisotopic (exact) mass is 317 g/mol. The maximum absolute atomic E-state index is 4.46. The number of halogens is 1. The third-order valence-electron chi connectivity index (χ3n) is 2.95. The van der Waals surface area contributed by atoms with Crippen molar-refractivity contribution in [3.8, 4) is 0 Å². The first-order valence-electron chi connectivity index (χ1n) is 5.86. The summed E-state index contributed by atoms with van der Waals surface area (Å²) < 4.78 is 2.73. The summed E-state index contributed by atoms with van der Waals surface area (Å²) in [4.78, 5) is 4.46. The fourth-order valence-electron chi connectivity index (χ4n) is 1.93. The van der Waals surface area contributed by atoms with E-state index < -0.39 is 0 Å². The normalized spacial score (nSPS) is 10.8. The Morgan fingerprint density at radius 2 is 2.21 bits per heavy atom. The molecule has 6 heteroatoms. The van der Waals surface area contributed by atoms with Gasteiger partial charge in [-0.25, -0.2) is 0 Å². The van der Waals surface area contributed by atoms with E-state index >= 15 is 0 Å². The van der Waals surface area contributed by atoms with Crippen LogP contribution in [0.3, 0.4) is 0 Å². The Bertz CT molecular complexity index is 722. The minimum atomic E-state index is 0.667. The van der Waals surface area contributed by atoms with Gasteiger partial charge in [-0.3, -0.25) is 9.67 Å². The summed E-state index contributed by atoms with van der Waals surface area (Å²) in [5.74, 6) is 0. The van der Waals surface area contributed by atoms with E-state index in [2.05, 4.69) is 42.6 Å². The molecule has 0 atom stereocenters. The molecule has 3 rings (SSSR count). The topological polar surface area (TPSA) is 55.6 Å². The van der Waals surface area contributed by atoms with Crippen LogP contribution in [0.2, 0.25) is 0 Å². The lowest BCUT2D eigenvalue weighted by molar-refractivity contribution is 0.683. The van der Waals surface area contributed by atoms with Gasteiger partial charge in [0.1, 0.15) is 0 Å². The van der Waals surface area contributed by atoms with Gasteiger partial charge in [-0.15, -0.1) is 5.10 Å². The number of hydrogen-bond acceptors (Lipinski definition) is 4. The van der Waals surface area contributed by atoms with Gasteiger partial charge >= 0.3 is 0 Å². The Kier molecular flexibility index (Phi) is 3.16. The van der Waals surface area contributed by atoms with Crippen LogP contribution in [-0.2, 0) is 13.6 Å². The van der Waals surface area contributed by atoms with E-state index in [0.29, 0.717) is 6.54 Å². The molecule has 0 amide bonds. The van der Waals surface area contributed by atoms with E-state index in [-0.39, 0.29) is 0 Å². The lowest BCUT2D eigenvalue weighted by atomic mass is 10.2. The molecule has 5 nitrogen and oxygen atoms in total. The summed E-state index contributed by atoms with van der Waals surface area (Å²) in [6.07, 6.45) is 3.56. The Hall–Kier alpha value is -1.95. The van der Waals surface area contributed by atoms with Crippen LogP contribution in [0, 0.1) is 0 Å². The molecule has 0 unspecified atom stereocenters.